The van der Waals surface area contributed by atoms with Gasteiger partial charge in [-0.3, -0.25) is 14.4 Å². The SMILES string of the molecule is CCCCCCCCCCCC(=O)N[C@@H](CCCCN)C(=O)NCCCCCCCCCCCC(=O)N[C@@H](CCCCN)C(=O)O. The van der Waals surface area contributed by atoms with Crippen LogP contribution in [-0.4, -0.2) is 60.5 Å². The molecule has 3 amide bonds. The molecule has 10 heteroatoms. The Hall–Kier alpha value is -2.20. The zero-order valence-corrected chi connectivity index (χ0v) is 29.4. The van der Waals surface area contributed by atoms with Gasteiger partial charge in [0.1, 0.15) is 12.1 Å². The number of nitrogens with two attached hydrogens (primary N) is 2. The average molecular weight is 654 g/mol. The first kappa shape index (κ1) is 43.8. The summed E-state index contributed by atoms with van der Waals surface area (Å²) in [4.78, 5) is 48.8. The first-order chi connectivity index (χ1) is 22.3. The zero-order chi connectivity index (χ0) is 34.1. The number of hydrogen-bond acceptors (Lipinski definition) is 6. The molecular formula is C36H71N5O5. The molecule has 0 aliphatic carbocycles. The normalized spacial score (nSPS) is 12.4. The third-order valence-electron chi connectivity index (χ3n) is 8.57. The Morgan fingerprint density at radius 3 is 1.35 bits per heavy atom. The predicted octanol–water partition coefficient (Wildman–Crippen LogP) is 6.24. The maximum Gasteiger partial charge on any atom is 0.326 e. The van der Waals surface area contributed by atoms with Crippen molar-refractivity contribution in [1.82, 2.24) is 16.0 Å². The van der Waals surface area contributed by atoms with Crippen molar-refractivity contribution in [1.29, 1.82) is 0 Å². The number of carbonyl (C=O) groups is 4. The molecule has 0 aliphatic heterocycles. The lowest BCUT2D eigenvalue weighted by molar-refractivity contribution is -0.142. The van der Waals surface area contributed by atoms with E-state index in [-0.39, 0.29) is 17.7 Å². The Balaban J connectivity index is 3.95. The van der Waals surface area contributed by atoms with Crippen LogP contribution in [-0.2, 0) is 19.2 Å². The van der Waals surface area contributed by atoms with E-state index in [9.17, 15) is 24.3 Å². The van der Waals surface area contributed by atoms with E-state index in [0.29, 0.717) is 51.7 Å². The molecule has 0 rings (SSSR count). The fraction of sp³-hybridized carbons (Fsp3) is 0.889. The van der Waals surface area contributed by atoms with E-state index >= 15 is 0 Å². The van der Waals surface area contributed by atoms with Crippen molar-refractivity contribution >= 4 is 23.7 Å². The number of hydrogen-bond donors (Lipinski definition) is 6. The van der Waals surface area contributed by atoms with Gasteiger partial charge in [-0.25, -0.2) is 4.79 Å². The quantitative estimate of drug-likeness (QED) is 0.0446. The van der Waals surface area contributed by atoms with Gasteiger partial charge in [0, 0.05) is 19.4 Å². The number of unbranched alkanes of at least 4 members (excludes halogenated alkanes) is 18. The summed E-state index contributed by atoms with van der Waals surface area (Å²) >= 11 is 0. The highest BCUT2D eigenvalue weighted by atomic mass is 16.4. The van der Waals surface area contributed by atoms with Gasteiger partial charge in [-0.2, -0.15) is 0 Å². The van der Waals surface area contributed by atoms with Gasteiger partial charge in [0.05, 0.1) is 0 Å². The van der Waals surface area contributed by atoms with Gasteiger partial charge in [-0.05, 0) is 70.9 Å². The molecule has 0 spiro atoms. The summed E-state index contributed by atoms with van der Waals surface area (Å²) < 4.78 is 0. The first-order valence-electron chi connectivity index (χ1n) is 18.8. The minimum atomic E-state index is -0.987. The molecule has 0 unspecified atom stereocenters. The molecule has 0 heterocycles. The second kappa shape index (κ2) is 32.7. The van der Waals surface area contributed by atoms with Crippen molar-refractivity contribution in [2.45, 2.75) is 186 Å². The van der Waals surface area contributed by atoms with Crippen LogP contribution in [0.3, 0.4) is 0 Å². The van der Waals surface area contributed by atoms with E-state index < -0.39 is 18.1 Å². The first-order valence-corrected chi connectivity index (χ1v) is 18.8. The van der Waals surface area contributed by atoms with Crippen LogP contribution in [0.15, 0.2) is 0 Å². The third kappa shape index (κ3) is 28.1. The summed E-state index contributed by atoms with van der Waals surface area (Å²) in [5.41, 5.74) is 11.1. The predicted molar refractivity (Wildman–Crippen MR) is 188 cm³/mol. The van der Waals surface area contributed by atoms with Crippen LogP contribution >= 0.6 is 0 Å². The molecule has 0 saturated carbocycles. The summed E-state index contributed by atoms with van der Waals surface area (Å²) in [6.45, 7) is 3.97. The summed E-state index contributed by atoms with van der Waals surface area (Å²) in [6.07, 6.45) is 25.2. The highest BCUT2D eigenvalue weighted by Gasteiger charge is 2.20. The van der Waals surface area contributed by atoms with Gasteiger partial charge in [-0.1, -0.05) is 103 Å². The lowest BCUT2D eigenvalue weighted by Gasteiger charge is -2.18. The van der Waals surface area contributed by atoms with Crippen LogP contribution in [0.2, 0.25) is 0 Å². The maximum absolute atomic E-state index is 12.8. The minimum Gasteiger partial charge on any atom is -0.480 e. The van der Waals surface area contributed by atoms with E-state index in [4.69, 9.17) is 11.5 Å². The third-order valence-corrected chi connectivity index (χ3v) is 8.57. The smallest absolute Gasteiger partial charge is 0.326 e. The Morgan fingerprint density at radius 1 is 0.522 bits per heavy atom. The molecule has 0 radical (unpaired) electrons. The largest absolute Gasteiger partial charge is 0.480 e. The standard InChI is InChI=1S/C36H71N5O5/c1-2-3-4-5-6-8-11-14-17-26-33(42)40-31(24-19-21-28-37)35(44)39-30-23-16-13-10-7-9-12-15-18-27-34(43)41-32(36(45)46)25-20-22-29-38/h31-32H,2-30,37-38H2,1H3,(H,39,44)(H,40,42)(H,41,43)(H,45,46)/t31-,32-/m0/s1. The van der Waals surface area contributed by atoms with Gasteiger partial charge < -0.3 is 32.5 Å². The Bertz CT molecular complexity index is 767. The number of amides is 3. The average Bonchev–Trinajstić information content (AvgIpc) is 3.03. The molecule has 10 nitrogen and oxygen atoms in total. The van der Waals surface area contributed by atoms with Crippen molar-refractivity contribution < 1.29 is 24.3 Å². The highest BCUT2D eigenvalue weighted by Crippen LogP contribution is 2.12. The molecule has 0 saturated heterocycles. The van der Waals surface area contributed by atoms with Crippen LogP contribution in [0.1, 0.15) is 174 Å². The zero-order valence-electron chi connectivity index (χ0n) is 29.4. The fourth-order valence-electron chi connectivity index (χ4n) is 5.62. The number of carboxylic acid groups (broad SMARTS) is 1. The molecule has 270 valence electrons. The van der Waals surface area contributed by atoms with Crippen molar-refractivity contribution in [2.75, 3.05) is 19.6 Å². The second-order valence-electron chi connectivity index (χ2n) is 12.9. The number of rotatable bonds is 34. The number of nitrogens with one attached hydrogen (secondary N) is 3. The minimum absolute atomic E-state index is 0.0278. The molecule has 46 heavy (non-hydrogen) atoms. The summed E-state index contributed by atoms with van der Waals surface area (Å²) in [5, 5.41) is 17.9. The fourth-order valence-corrected chi connectivity index (χ4v) is 5.62. The lowest BCUT2D eigenvalue weighted by Crippen LogP contribution is -2.47. The van der Waals surface area contributed by atoms with Crippen LogP contribution < -0.4 is 27.4 Å². The second-order valence-corrected chi connectivity index (χ2v) is 12.9. The summed E-state index contributed by atoms with van der Waals surface area (Å²) in [5.74, 6) is -1.29. The molecule has 0 bridgehead atoms. The number of carbonyl (C=O) groups excluding carboxylic acids is 3. The Labute approximate surface area is 280 Å². The van der Waals surface area contributed by atoms with E-state index in [0.717, 1.165) is 89.9 Å². The van der Waals surface area contributed by atoms with Gasteiger partial charge in [0.15, 0.2) is 0 Å². The van der Waals surface area contributed by atoms with Crippen molar-refractivity contribution in [3.63, 3.8) is 0 Å². The van der Waals surface area contributed by atoms with Crippen LogP contribution in [0, 0.1) is 0 Å². The monoisotopic (exact) mass is 654 g/mol. The molecule has 0 aromatic carbocycles. The Kier molecular flexibility index (Phi) is 31.2. The van der Waals surface area contributed by atoms with Gasteiger partial charge in [0.2, 0.25) is 17.7 Å². The molecule has 0 fully saturated rings. The molecule has 0 aromatic heterocycles. The van der Waals surface area contributed by atoms with E-state index in [1.807, 2.05) is 0 Å². The molecule has 0 aromatic rings. The van der Waals surface area contributed by atoms with E-state index in [2.05, 4.69) is 22.9 Å². The molecule has 8 N–H and O–H groups in total. The topological polar surface area (TPSA) is 177 Å². The van der Waals surface area contributed by atoms with Crippen LogP contribution in [0.25, 0.3) is 0 Å². The molecule has 2 atom stereocenters. The molecular weight excluding hydrogens is 582 g/mol. The Morgan fingerprint density at radius 2 is 0.913 bits per heavy atom. The van der Waals surface area contributed by atoms with Gasteiger partial charge in [-0.15, -0.1) is 0 Å². The van der Waals surface area contributed by atoms with E-state index in [1.54, 1.807) is 0 Å². The van der Waals surface area contributed by atoms with Crippen LogP contribution in [0.4, 0.5) is 0 Å². The van der Waals surface area contributed by atoms with Gasteiger partial charge >= 0.3 is 5.97 Å². The maximum atomic E-state index is 12.8. The van der Waals surface area contributed by atoms with Crippen molar-refractivity contribution in [2.24, 2.45) is 11.5 Å². The van der Waals surface area contributed by atoms with Crippen molar-refractivity contribution in [3.05, 3.63) is 0 Å². The summed E-state index contributed by atoms with van der Waals surface area (Å²) in [6, 6.07) is -1.31. The van der Waals surface area contributed by atoms with E-state index in [1.165, 1.54) is 44.9 Å². The number of aliphatic carboxylic acids is 1. The lowest BCUT2D eigenvalue weighted by atomic mass is 10.1. The highest BCUT2D eigenvalue weighted by molar-refractivity contribution is 5.87. The molecule has 0 aliphatic rings. The van der Waals surface area contributed by atoms with Gasteiger partial charge in [0.25, 0.3) is 0 Å². The van der Waals surface area contributed by atoms with Crippen molar-refractivity contribution in [3.8, 4) is 0 Å². The number of carboxylic acids is 1. The summed E-state index contributed by atoms with van der Waals surface area (Å²) in [7, 11) is 0. The van der Waals surface area contributed by atoms with Crippen LogP contribution in [0.5, 0.6) is 0 Å².